The van der Waals surface area contributed by atoms with Crippen LogP contribution < -0.4 is 0 Å². The zero-order valence-electron chi connectivity index (χ0n) is 11.4. The van der Waals surface area contributed by atoms with Crippen molar-refractivity contribution in [1.29, 1.82) is 0 Å². The highest BCUT2D eigenvalue weighted by atomic mass is 35.5. The zero-order chi connectivity index (χ0) is 13.5. The molecular formula is C18H18ClN. The number of benzene rings is 2. The number of hydrogen-bond acceptors (Lipinski definition) is 1. The number of nitrogens with zero attached hydrogens (tertiary/aromatic N) is 1. The van der Waals surface area contributed by atoms with E-state index in [0.717, 1.165) is 11.4 Å². The molecule has 0 aliphatic carbocycles. The van der Waals surface area contributed by atoms with Crippen molar-refractivity contribution in [2.45, 2.75) is 31.3 Å². The summed E-state index contributed by atoms with van der Waals surface area (Å²) >= 11 is 6.03. The van der Waals surface area contributed by atoms with Gasteiger partial charge in [-0.2, -0.15) is 0 Å². The van der Waals surface area contributed by atoms with E-state index in [1.54, 1.807) is 5.56 Å². The predicted molar refractivity (Wildman–Crippen MR) is 83.0 cm³/mol. The second-order valence-electron chi connectivity index (χ2n) is 5.87. The lowest BCUT2D eigenvalue weighted by Crippen LogP contribution is -2.34. The topological polar surface area (TPSA) is 3.24 Å². The lowest BCUT2D eigenvalue weighted by Gasteiger charge is -2.39. The van der Waals surface area contributed by atoms with E-state index in [1.165, 1.54) is 30.5 Å². The van der Waals surface area contributed by atoms with E-state index in [2.05, 4.69) is 41.3 Å². The second-order valence-corrected chi connectivity index (χ2v) is 6.30. The van der Waals surface area contributed by atoms with Crippen LogP contribution in [-0.2, 0) is 6.42 Å². The van der Waals surface area contributed by atoms with Crippen molar-refractivity contribution in [2.75, 3.05) is 6.54 Å². The van der Waals surface area contributed by atoms with E-state index in [1.807, 2.05) is 12.1 Å². The molecule has 20 heavy (non-hydrogen) atoms. The van der Waals surface area contributed by atoms with Crippen LogP contribution in [0.15, 0.2) is 48.5 Å². The molecule has 2 aliphatic heterocycles. The molecule has 2 aromatic carbocycles. The first kappa shape index (κ1) is 12.4. The van der Waals surface area contributed by atoms with Gasteiger partial charge in [-0.05, 0) is 54.6 Å². The zero-order valence-corrected chi connectivity index (χ0v) is 12.2. The minimum Gasteiger partial charge on any atom is -0.289 e. The van der Waals surface area contributed by atoms with Gasteiger partial charge in [0.15, 0.2) is 0 Å². The first-order valence-corrected chi connectivity index (χ1v) is 7.80. The van der Waals surface area contributed by atoms with Crippen LogP contribution in [0.3, 0.4) is 0 Å². The Hall–Kier alpha value is -1.31. The van der Waals surface area contributed by atoms with Crippen LogP contribution in [0.2, 0.25) is 5.02 Å². The lowest BCUT2D eigenvalue weighted by atomic mass is 9.86. The van der Waals surface area contributed by atoms with Gasteiger partial charge in [-0.3, -0.25) is 4.90 Å². The Bertz CT molecular complexity index is 620. The molecule has 0 amide bonds. The molecule has 4 rings (SSSR count). The summed E-state index contributed by atoms with van der Waals surface area (Å²) in [5.41, 5.74) is 4.47. The Balaban J connectivity index is 1.76. The standard InChI is InChI=1S/C18H18ClN/c19-15-9-7-13(8-10-15)18-12-14-4-1-2-5-16(14)17-6-3-11-20(17)18/h1-2,4-5,7-10,17-18H,3,6,11-12H2/t17-,18?/m0/s1. The van der Waals surface area contributed by atoms with Gasteiger partial charge < -0.3 is 0 Å². The average Bonchev–Trinajstić information content (AvgIpc) is 2.97. The molecule has 2 aliphatic rings. The minimum atomic E-state index is 0.509. The van der Waals surface area contributed by atoms with Gasteiger partial charge in [-0.15, -0.1) is 0 Å². The third-order valence-electron chi connectivity index (χ3n) is 4.78. The molecule has 0 radical (unpaired) electrons. The van der Waals surface area contributed by atoms with Crippen LogP contribution in [0.5, 0.6) is 0 Å². The third-order valence-corrected chi connectivity index (χ3v) is 5.03. The molecule has 2 heterocycles. The summed E-state index contributed by atoms with van der Waals surface area (Å²) in [6, 6.07) is 18.5. The van der Waals surface area contributed by atoms with Crippen LogP contribution in [-0.4, -0.2) is 11.4 Å². The van der Waals surface area contributed by atoms with Gasteiger partial charge in [0, 0.05) is 17.1 Å². The largest absolute Gasteiger partial charge is 0.289 e. The van der Waals surface area contributed by atoms with Gasteiger partial charge in [0.25, 0.3) is 0 Å². The maximum atomic E-state index is 6.03. The first-order valence-electron chi connectivity index (χ1n) is 7.42. The first-order chi connectivity index (χ1) is 9.83. The molecular weight excluding hydrogens is 266 g/mol. The molecule has 1 unspecified atom stereocenters. The molecule has 2 heteroatoms. The van der Waals surface area contributed by atoms with Crippen molar-refractivity contribution >= 4 is 11.6 Å². The van der Waals surface area contributed by atoms with Gasteiger partial charge in [0.05, 0.1) is 0 Å². The van der Waals surface area contributed by atoms with E-state index in [9.17, 15) is 0 Å². The molecule has 2 atom stereocenters. The quantitative estimate of drug-likeness (QED) is 0.728. The number of fused-ring (bicyclic) bond motifs is 3. The maximum Gasteiger partial charge on any atom is 0.0406 e. The van der Waals surface area contributed by atoms with E-state index in [4.69, 9.17) is 11.6 Å². The van der Waals surface area contributed by atoms with Gasteiger partial charge >= 0.3 is 0 Å². The number of halogens is 1. The summed E-state index contributed by atoms with van der Waals surface area (Å²) in [4.78, 5) is 2.69. The highest BCUT2D eigenvalue weighted by Crippen LogP contribution is 2.45. The van der Waals surface area contributed by atoms with Gasteiger partial charge in [-0.1, -0.05) is 48.0 Å². The Morgan fingerprint density at radius 3 is 2.60 bits per heavy atom. The monoisotopic (exact) mass is 283 g/mol. The summed E-state index contributed by atoms with van der Waals surface area (Å²) in [5, 5.41) is 0.822. The molecule has 0 saturated carbocycles. The molecule has 1 saturated heterocycles. The molecule has 0 N–H and O–H groups in total. The van der Waals surface area contributed by atoms with Crippen LogP contribution in [0.4, 0.5) is 0 Å². The van der Waals surface area contributed by atoms with Crippen LogP contribution in [0.1, 0.15) is 41.6 Å². The van der Waals surface area contributed by atoms with E-state index in [0.29, 0.717) is 12.1 Å². The molecule has 2 aromatic rings. The van der Waals surface area contributed by atoms with Gasteiger partial charge in [0.2, 0.25) is 0 Å². The minimum absolute atomic E-state index is 0.509. The normalized spacial score (nSPS) is 25.2. The summed E-state index contributed by atoms with van der Waals surface area (Å²) < 4.78 is 0. The van der Waals surface area contributed by atoms with Crippen LogP contribution >= 0.6 is 11.6 Å². The predicted octanol–water partition coefficient (Wildman–Crippen LogP) is 4.77. The van der Waals surface area contributed by atoms with E-state index >= 15 is 0 Å². The van der Waals surface area contributed by atoms with Crippen LogP contribution in [0, 0.1) is 0 Å². The maximum absolute atomic E-state index is 6.03. The fourth-order valence-electron chi connectivity index (χ4n) is 3.86. The van der Waals surface area contributed by atoms with Crippen molar-refractivity contribution in [3.63, 3.8) is 0 Å². The average molecular weight is 284 g/mol. The summed E-state index contributed by atoms with van der Waals surface area (Å²) in [7, 11) is 0. The number of hydrogen-bond donors (Lipinski definition) is 0. The molecule has 0 spiro atoms. The highest BCUT2D eigenvalue weighted by molar-refractivity contribution is 6.30. The Morgan fingerprint density at radius 2 is 1.75 bits per heavy atom. The van der Waals surface area contributed by atoms with Crippen molar-refractivity contribution in [2.24, 2.45) is 0 Å². The number of rotatable bonds is 1. The molecule has 102 valence electrons. The summed E-state index contributed by atoms with van der Waals surface area (Å²) in [5.74, 6) is 0. The van der Waals surface area contributed by atoms with Gasteiger partial charge in [-0.25, -0.2) is 0 Å². The van der Waals surface area contributed by atoms with Crippen molar-refractivity contribution in [1.82, 2.24) is 4.90 Å². The Labute approximate surface area is 125 Å². The van der Waals surface area contributed by atoms with Gasteiger partial charge in [0.1, 0.15) is 0 Å². The van der Waals surface area contributed by atoms with Crippen molar-refractivity contribution in [3.8, 4) is 0 Å². The Kier molecular flexibility index (Phi) is 3.05. The molecule has 1 fully saturated rings. The summed E-state index contributed by atoms with van der Waals surface area (Å²) in [6.45, 7) is 1.21. The Morgan fingerprint density at radius 1 is 0.950 bits per heavy atom. The smallest absolute Gasteiger partial charge is 0.0406 e. The van der Waals surface area contributed by atoms with Crippen molar-refractivity contribution in [3.05, 3.63) is 70.2 Å². The summed E-state index contributed by atoms with van der Waals surface area (Å²) in [6.07, 6.45) is 3.72. The van der Waals surface area contributed by atoms with Crippen LogP contribution in [0.25, 0.3) is 0 Å². The second kappa shape index (κ2) is 4.91. The SMILES string of the molecule is Clc1ccc(C2Cc3ccccc3[C@@H]3CCCN23)cc1. The van der Waals surface area contributed by atoms with E-state index < -0.39 is 0 Å². The molecule has 0 aromatic heterocycles. The fraction of sp³-hybridized carbons (Fsp3) is 0.333. The van der Waals surface area contributed by atoms with Crippen molar-refractivity contribution < 1.29 is 0 Å². The molecule has 0 bridgehead atoms. The fourth-order valence-corrected chi connectivity index (χ4v) is 3.99. The highest BCUT2D eigenvalue weighted by Gasteiger charge is 2.37. The third kappa shape index (κ3) is 1.97. The lowest BCUT2D eigenvalue weighted by molar-refractivity contribution is 0.163. The van der Waals surface area contributed by atoms with E-state index in [-0.39, 0.29) is 0 Å². The molecule has 1 nitrogen and oxygen atoms in total.